The van der Waals surface area contributed by atoms with E-state index >= 15 is 0 Å². The molecule has 0 saturated heterocycles. The molecule has 2 aromatic carbocycles. The van der Waals surface area contributed by atoms with Crippen LogP contribution in [0, 0.1) is 5.92 Å². The lowest BCUT2D eigenvalue weighted by molar-refractivity contribution is 0.300. The van der Waals surface area contributed by atoms with Crippen LogP contribution in [0.3, 0.4) is 0 Å². The predicted molar refractivity (Wildman–Crippen MR) is 94.2 cm³/mol. The smallest absolute Gasteiger partial charge is 0.124 e. The molecule has 0 aliphatic heterocycles. The van der Waals surface area contributed by atoms with Gasteiger partial charge in [0.05, 0.1) is 0 Å². The van der Waals surface area contributed by atoms with Gasteiger partial charge in [0, 0.05) is 18.2 Å². The van der Waals surface area contributed by atoms with E-state index < -0.39 is 0 Å². The van der Waals surface area contributed by atoms with E-state index in [-0.39, 0.29) is 0 Å². The average molecular weight is 310 g/mol. The number of hydrogen-bond donors (Lipinski definition) is 2. The van der Waals surface area contributed by atoms with Crippen LogP contribution < -0.4 is 15.8 Å². The Balaban J connectivity index is 1.59. The van der Waals surface area contributed by atoms with E-state index in [4.69, 9.17) is 10.5 Å². The summed E-state index contributed by atoms with van der Waals surface area (Å²) in [5, 5.41) is 3.68. The van der Waals surface area contributed by atoms with Crippen LogP contribution in [0.15, 0.2) is 54.6 Å². The molecule has 0 bridgehead atoms. The van der Waals surface area contributed by atoms with Crippen molar-refractivity contribution in [3.63, 3.8) is 0 Å². The number of ether oxygens (including phenoxy) is 1. The van der Waals surface area contributed by atoms with Crippen LogP contribution in [0.1, 0.15) is 30.4 Å². The largest absolute Gasteiger partial charge is 0.489 e. The third-order valence-corrected chi connectivity index (χ3v) is 4.73. The number of benzene rings is 2. The summed E-state index contributed by atoms with van der Waals surface area (Å²) in [5.74, 6) is 1.58. The Morgan fingerprint density at radius 1 is 1.00 bits per heavy atom. The molecule has 0 heterocycles. The molecule has 3 nitrogen and oxygen atoms in total. The normalized spacial score (nSPS) is 20.6. The molecule has 0 spiro atoms. The van der Waals surface area contributed by atoms with E-state index in [0.717, 1.165) is 18.8 Å². The van der Waals surface area contributed by atoms with Crippen molar-refractivity contribution in [3.05, 3.63) is 65.7 Å². The number of nitrogens with one attached hydrogen (secondary N) is 1. The van der Waals surface area contributed by atoms with Crippen molar-refractivity contribution in [2.75, 3.05) is 6.54 Å². The maximum Gasteiger partial charge on any atom is 0.124 e. The van der Waals surface area contributed by atoms with Crippen LogP contribution in [0.25, 0.3) is 0 Å². The minimum absolute atomic E-state index is 0.544. The van der Waals surface area contributed by atoms with Gasteiger partial charge in [0.1, 0.15) is 12.4 Å². The SMILES string of the molecule is NCC1CCCC1NCc1ccccc1OCc1ccccc1. The summed E-state index contributed by atoms with van der Waals surface area (Å²) in [6.45, 7) is 2.22. The van der Waals surface area contributed by atoms with E-state index in [0.29, 0.717) is 18.6 Å². The molecule has 0 amide bonds. The quantitative estimate of drug-likeness (QED) is 0.823. The first-order chi connectivity index (χ1) is 11.4. The Labute approximate surface area is 138 Å². The third-order valence-electron chi connectivity index (χ3n) is 4.73. The Bertz CT molecular complexity index is 600. The van der Waals surface area contributed by atoms with Crippen LogP contribution in [-0.4, -0.2) is 12.6 Å². The zero-order valence-corrected chi connectivity index (χ0v) is 13.6. The van der Waals surface area contributed by atoms with Gasteiger partial charge < -0.3 is 15.8 Å². The molecule has 1 fully saturated rings. The van der Waals surface area contributed by atoms with Crippen LogP contribution in [0.5, 0.6) is 5.75 Å². The highest BCUT2D eigenvalue weighted by Crippen LogP contribution is 2.26. The molecule has 3 rings (SSSR count). The molecule has 1 aliphatic carbocycles. The summed E-state index contributed by atoms with van der Waals surface area (Å²) in [7, 11) is 0. The molecule has 1 saturated carbocycles. The highest BCUT2D eigenvalue weighted by Gasteiger charge is 2.25. The first-order valence-corrected chi connectivity index (χ1v) is 8.55. The van der Waals surface area contributed by atoms with Crippen LogP contribution in [0.4, 0.5) is 0 Å². The lowest BCUT2D eigenvalue weighted by atomic mass is 10.0. The van der Waals surface area contributed by atoms with Crippen molar-refractivity contribution in [3.8, 4) is 5.75 Å². The molecule has 3 heteroatoms. The second-order valence-electron chi connectivity index (χ2n) is 6.30. The molecule has 2 aromatic rings. The van der Waals surface area contributed by atoms with Gasteiger partial charge >= 0.3 is 0 Å². The molecular weight excluding hydrogens is 284 g/mol. The van der Waals surface area contributed by atoms with Crippen LogP contribution >= 0.6 is 0 Å². The van der Waals surface area contributed by atoms with Gasteiger partial charge in [-0.2, -0.15) is 0 Å². The zero-order valence-electron chi connectivity index (χ0n) is 13.6. The number of para-hydroxylation sites is 1. The molecule has 0 aromatic heterocycles. The summed E-state index contributed by atoms with van der Waals surface area (Å²) >= 11 is 0. The standard InChI is InChI=1S/C20H26N2O/c21-13-17-10-6-11-19(17)22-14-18-9-4-5-12-20(18)23-15-16-7-2-1-3-8-16/h1-5,7-9,12,17,19,22H,6,10-11,13-15,21H2. The number of hydrogen-bond acceptors (Lipinski definition) is 3. The van der Waals surface area contributed by atoms with E-state index in [1.807, 2.05) is 24.3 Å². The van der Waals surface area contributed by atoms with Crippen molar-refractivity contribution in [2.24, 2.45) is 11.7 Å². The monoisotopic (exact) mass is 310 g/mol. The summed E-state index contributed by atoms with van der Waals surface area (Å²) in [5.41, 5.74) is 8.27. The highest BCUT2D eigenvalue weighted by molar-refractivity contribution is 5.33. The minimum atomic E-state index is 0.544. The van der Waals surface area contributed by atoms with Crippen molar-refractivity contribution in [1.82, 2.24) is 5.32 Å². The second kappa shape index (κ2) is 8.14. The first kappa shape index (κ1) is 16.0. The van der Waals surface area contributed by atoms with E-state index in [9.17, 15) is 0 Å². The van der Waals surface area contributed by atoms with E-state index in [2.05, 4.69) is 35.6 Å². The molecule has 2 atom stereocenters. The Hall–Kier alpha value is -1.84. The highest BCUT2D eigenvalue weighted by atomic mass is 16.5. The molecule has 0 radical (unpaired) electrons. The van der Waals surface area contributed by atoms with Gasteiger partial charge in [-0.05, 0) is 36.9 Å². The van der Waals surface area contributed by atoms with Crippen molar-refractivity contribution in [1.29, 1.82) is 0 Å². The summed E-state index contributed by atoms with van der Waals surface area (Å²) in [6, 6.07) is 19.1. The van der Waals surface area contributed by atoms with E-state index in [1.165, 1.54) is 30.4 Å². The van der Waals surface area contributed by atoms with Gasteiger partial charge in [0.2, 0.25) is 0 Å². The van der Waals surface area contributed by atoms with Gasteiger partial charge in [0.15, 0.2) is 0 Å². The molecule has 2 unspecified atom stereocenters. The molecule has 122 valence electrons. The summed E-state index contributed by atoms with van der Waals surface area (Å²) in [6.07, 6.45) is 3.76. The zero-order chi connectivity index (χ0) is 15.9. The van der Waals surface area contributed by atoms with Gasteiger partial charge in [-0.1, -0.05) is 55.0 Å². The van der Waals surface area contributed by atoms with E-state index in [1.54, 1.807) is 0 Å². The topological polar surface area (TPSA) is 47.3 Å². The van der Waals surface area contributed by atoms with Crippen molar-refractivity contribution >= 4 is 0 Å². The third kappa shape index (κ3) is 4.34. The number of rotatable bonds is 7. The maximum absolute atomic E-state index is 6.03. The molecular formula is C20H26N2O. The summed E-state index contributed by atoms with van der Waals surface area (Å²) in [4.78, 5) is 0. The fraction of sp³-hybridized carbons (Fsp3) is 0.400. The van der Waals surface area contributed by atoms with Crippen LogP contribution in [-0.2, 0) is 13.2 Å². The lowest BCUT2D eigenvalue weighted by Gasteiger charge is -2.20. The minimum Gasteiger partial charge on any atom is -0.489 e. The number of nitrogens with two attached hydrogens (primary N) is 1. The maximum atomic E-state index is 6.03. The first-order valence-electron chi connectivity index (χ1n) is 8.55. The second-order valence-corrected chi connectivity index (χ2v) is 6.30. The fourth-order valence-corrected chi connectivity index (χ4v) is 3.35. The summed E-state index contributed by atoms with van der Waals surface area (Å²) < 4.78 is 6.03. The lowest BCUT2D eigenvalue weighted by Crippen LogP contribution is -2.35. The van der Waals surface area contributed by atoms with Crippen molar-refractivity contribution < 1.29 is 4.74 Å². The Kier molecular flexibility index (Phi) is 5.67. The molecule has 23 heavy (non-hydrogen) atoms. The Morgan fingerprint density at radius 2 is 1.78 bits per heavy atom. The van der Waals surface area contributed by atoms with Gasteiger partial charge in [-0.25, -0.2) is 0 Å². The molecule has 1 aliphatic rings. The fourth-order valence-electron chi connectivity index (χ4n) is 3.35. The predicted octanol–water partition coefficient (Wildman–Crippen LogP) is 3.48. The van der Waals surface area contributed by atoms with Crippen LogP contribution in [0.2, 0.25) is 0 Å². The Morgan fingerprint density at radius 3 is 2.61 bits per heavy atom. The molecule has 3 N–H and O–H groups in total. The van der Waals surface area contributed by atoms with Crippen molar-refractivity contribution in [2.45, 2.75) is 38.5 Å². The average Bonchev–Trinajstić information content (AvgIpc) is 3.07. The van der Waals surface area contributed by atoms with Gasteiger partial charge in [0.25, 0.3) is 0 Å². The van der Waals surface area contributed by atoms with Gasteiger partial charge in [-0.15, -0.1) is 0 Å². The van der Waals surface area contributed by atoms with Gasteiger partial charge in [-0.3, -0.25) is 0 Å².